The molecular weight excluding hydrogens is 402 g/mol. The molecule has 1 aromatic carbocycles. The van der Waals surface area contributed by atoms with Gasteiger partial charge in [0.25, 0.3) is 0 Å². The molecular formula is C21H25N5O3S. The first-order valence-corrected chi connectivity index (χ1v) is 11.5. The lowest BCUT2D eigenvalue weighted by molar-refractivity contribution is 0.0336. The Bertz CT molecular complexity index is 1280. The maximum Gasteiger partial charge on any atom is 0.241 e. The van der Waals surface area contributed by atoms with Crippen molar-refractivity contribution in [3.8, 4) is 11.3 Å². The average molecular weight is 428 g/mol. The largest absolute Gasteiger partial charge is 0.396 e. The predicted octanol–water partition coefficient (Wildman–Crippen LogP) is 2.18. The third-order valence-electron chi connectivity index (χ3n) is 6.68. The summed E-state index contributed by atoms with van der Waals surface area (Å²) in [5.41, 5.74) is 9.25. The van der Waals surface area contributed by atoms with Crippen molar-refractivity contribution < 1.29 is 13.5 Å². The van der Waals surface area contributed by atoms with E-state index < -0.39 is 15.6 Å². The van der Waals surface area contributed by atoms with Crippen LogP contribution in [0.15, 0.2) is 35.5 Å². The van der Waals surface area contributed by atoms with Crippen LogP contribution in [0.25, 0.3) is 16.9 Å². The van der Waals surface area contributed by atoms with Crippen LogP contribution in [0.3, 0.4) is 0 Å². The molecule has 0 saturated heterocycles. The van der Waals surface area contributed by atoms with Crippen molar-refractivity contribution in [1.29, 1.82) is 0 Å². The number of sulfonamides is 1. The molecule has 2 bridgehead atoms. The van der Waals surface area contributed by atoms with Crippen LogP contribution >= 0.6 is 0 Å². The maximum absolute atomic E-state index is 13.2. The molecule has 3 aliphatic carbocycles. The number of nitrogens with two attached hydrogens (primary N) is 1. The molecule has 0 aliphatic heterocycles. The van der Waals surface area contributed by atoms with Crippen LogP contribution in [0, 0.1) is 19.3 Å². The van der Waals surface area contributed by atoms with E-state index in [-0.39, 0.29) is 16.9 Å². The van der Waals surface area contributed by atoms with Gasteiger partial charge in [0.15, 0.2) is 11.5 Å². The van der Waals surface area contributed by atoms with E-state index in [0.717, 1.165) is 35.4 Å². The number of aliphatic hydroxyl groups is 1. The molecule has 30 heavy (non-hydrogen) atoms. The molecule has 2 heterocycles. The minimum Gasteiger partial charge on any atom is -0.396 e. The monoisotopic (exact) mass is 427 g/mol. The first-order chi connectivity index (χ1) is 14.2. The van der Waals surface area contributed by atoms with E-state index in [2.05, 4.69) is 14.7 Å². The van der Waals surface area contributed by atoms with Crippen molar-refractivity contribution in [1.82, 2.24) is 19.1 Å². The molecule has 158 valence electrons. The highest BCUT2D eigenvalue weighted by Gasteiger charge is 2.61. The fraction of sp³-hybridized carbons (Fsp3) is 0.429. The number of anilines is 1. The Hall–Kier alpha value is -2.49. The van der Waals surface area contributed by atoms with Crippen LogP contribution in [-0.4, -0.2) is 40.0 Å². The molecule has 0 unspecified atom stereocenters. The van der Waals surface area contributed by atoms with E-state index in [9.17, 15) is 13.5 Å². The summed E-state index contributed by atoms with van der Waals surface area (Å²) >= 11 is 0. The molecule has 3 fully saturated rings. The minimum atomic E-state index is -3.70. The van der Waals surface area contributed by atoms with E-state index in [1.807, 2.05) is 30.5 Å². The zero-order valence-corrected chi connectivity index (χ0v) is 17.8. The van der Waals surface area contributed by atoms with Gasteiger partial charge in [-0.15, -0.1) is 0 Å². The molecule has 0 atom stereocenters. The van der Waals surface area contributed by atoms with Gasteiger partial charge in [-0.1, -0.05) is 6.07 Å². The van der Waals surface area contributed by atoms with Gasteiger partial charge in [-0.3, -0.25) is 4.40 Å². The van der Waals surface area contributed by atoms with E-state index in [1.165, 1.54) is 0 Å². The van der Waals surface area contributed by atoms with E-state index in [4.69, 9.17) is 5.73 Å². The SMILES string of the molecule is Cc1cn2c(-c3cc(S(=O)(=O)NC45CCC(CO)(C4)C5)ccc3C)cnc2c(N)n1. The Balaban J connectivity index is 1.53. The van der Waals surface area contributed by atoms with Gasteiger partial charge in [-0.25, -0.2) is 23.1 Å². The molecule has 8 nitrogen and oxygen atoms in total. The van der Waals surface area contributed by atoms with Crippen molar-refractivity contribution in [3.05, 3.63) is 41.9 Å². The second kappa shape index (κ2) is 6.26. The zero-order valence-electron chi connectivity index (χ0n) is 17.0. The predicted molar refractivity (Wildman–Crippen MR) is 113 cm³/mol. The third kappa shape index (κ3) is 2.84. The Labute approximate surface area is 175 Å². The van der Waals surface area contributed by atoms with Crippen molar-refractivity contribution in [2.45, 2.75) is 50.0 Å². The molecule has 2 aromatic heterocycles. The zero-order chi connectivity index (χ0) is 21.3. The number of aliphatic hydroxyl groups excluding tert-OH is 1. The van der Waals surface area contributed by atoms with Crippen molar-refractivity contribution in [3.63, 3.8) is 0 Å². The molecule has 3 aromatic rings. The number of rotatable bonds is 5. The number of aromatic nitrogens is 3. The van der Waals surface area contributed by atoms with E-state index in [1.54, 1.807) is 18.3 Å². The maximum atomic E-state index is 13.2. The molecule has 3 saturated carbocycles. The summed E-state index contributed by atoms with van der Waals surface area (Å²) in [4.78, 5) is 8.84. The fourth-order valence-electron chi connectivity index (χ4n) is 5.28. The fourth-order valence-corrected chi connectivity index (χ4v) is 6.73. The molecule has 6 rings (SSSR count). The number of hydrogen-bond donors (Lipinski definition) is 3. The number of hydrogen-bond acceptors (Lipinski definition) is 6. The van der Waals surface area contributed by atoms with E-state index >= 15 is 0 Å². The van der Waals surface area contributed by atoms with Crippen molar-refractivity contribution >= 4 is 21.5 Å². The number of nitrogens with zero attached hydrogens (tertiary/aromatic N) is 3. The van der Waals surface area contributed by atoms with Crippen molar-refractivity contribution in [2.24, 2.45) is 5.41 Å². The van der Waals surface area contributed by atoms with Crippen LogP contribution < -0.4 is 10.5 Å². The minimum absolute atomic E-state index is 0.0940. The molecule has 9 heteroatoms. The summed E-state index contributed by atoms with van der Waals surface area (Å²) in [5, 5.41) is 9.59. The summed E-state index contributed by atoms with van der Waals surface area (Å²) < 4.78 is 31.2. The topological polar surface area (TPSA) is 123 Å². The van der Waals surface area contributed by atoms with Gasteiger partial charge < -0.3 is 10.8 Å². The standard InChI is InChI=1S/C21H25N5O3S/c1-13-3-4-15(30(28,29)25-21-6-5-20(10-21,11-21)12-27)7-16(13)17-8-23-19-18(22)24-14(2)9-26(17)19/h3-4,7-9,25,27H,5-6,10-12H2,1-2H3,(H2,22,24). The van der Waals surface area contributed by atoms with Crippen LogP contribution in [0.2, 0.25) is 0 Å². The van der Waals surface area contributed by atoms with Gasteiger partial charge in [0.2, 0.25) is 10.0 Å². The molecule has 0 amide bonds. The smallest absolute Gasteiger partial charge is 0.241 e. The molecule has 3 aliphatic rings. The second-order valence-corrected chi connectivity index (χ2v) is 10.7. The lowest BCUT2D eigenvalue weighted by Crippen LogP contribution is -2.56. The van der Waals surface area contributed by atoms with Gasteiger partial charge in [-0.2, -0.15) is 0 Å². The quantitative estimate of drug-likeness (QED) is 0.574. The summed E-state index contributed by atoms with van der Waals surface area (Å²) in [5.74, 6) is 0.335. The van der Waals surface area contributed by atoms with Gasteiger partial charge in [0, 0.05) is 23.9 Å². The molecule has 4 N–H and O–H groups in total. The van der Waals surface area contributed by atoms with Crippen LogP contribution in [-0.2, 0) is 10.0 Å². The van der Waals surface area contributed by atoms with Gasteiger partial charge >= 0.3 is 0 Å². The first kappa shape index (κ1) is 19.5. The lowest BCUT2D eigenvalue weighted by Gasteiger charge is -2.46. The highest BCUT2D eigenvalue weighted by molar-refractivity contribution is 7.89. The van der Waals surface area contributed by atoms with Crippen LogP contribution in [0.5, 0.6) is 0 Å². The summed E-state index contributed by atoms with van der Waals surface area (Å²) in [6.07, 6.45) is 6.57. The second-order valence-electron chi connectivity index (χ2n) is 8.98. The Morgan fingerprint density at radius 1 is 1.27 bits per heavy atom. The number of nitrogens with one attached hydrogen (secondary N) is 1. The third-order valence-corrected chi connectivity index (χ3v) is 8.26. The van der Waals surface area contributed by atoms with Gasteiger partial charge in [-0.05, 0) is 62.6 Å². The number of nitrogen functional groups attached to an aromatic ring is 1. The summed E-state index contributed by atoms with van der Waals surface area (Å²) in [7, 11) is -3.70. The normalized spacial score (nSPS) is 25.6. The molecule has 0 radical (unpaired) electrons. The first-order valence-electron chi connectivity index (χ1n) is 10.0. The summed E-state index contributed by atoms with van der Waals surface area (Å²) in [6.45, 7) is 3.91. The highest BCUT2D eigenvalue weighted by atomic mass is 32.2. The number of benzene rings is 1. The summed E-state index contributed by atoms with van der Waals surface area (Å²) in [6, 6.07) is 5.14. The Morgan fingerprint density at radius 2 is 2.03 bits per heavy atom. The van der Waals surface area contributed by atoms with Gasteiger partial charge in [0.1, 0.15) is 0 Å². The lowest BCUT2D eigenvalue weighted by atomic mass is 9.66. The highest BCUT2D eigenvalue weighted by Crippen LogP contribution is 2.61. The van der Waals surface area contributed by atoms with Crippen LogP contribution in [0.1, 0.15) is 36.9 Å². The number of aryl methyl sites for hydroxylation is 2. The van der Waals surface area contributed by atoms with Crippen molar-refractivity contribution in [2.75, 3.05) is 12.3 Å². The number of fused-ring (bicyclic) bond motifs is 2. The Morgan fingerprint density at radius 3 is 2.73 bits per heavy atom. The Kier molecular flexibility index (Phi) is 4.06. The average Bonchev–Trinajstić information content (AvgIpc) is 3.33. The number of imidazole rings is 1. The molecule has 0 spiro atoms. The van der Waals surface area contributed by atoms with E-state index in [0.29, 0.717) is 24.3 Å². The van der Waals surface area contributed by atoms with Crippen LogP contribution in [0.4, 0.5) is 5.82 Å². The van der Waals surface area contributed by atoms with Gasteiger partial charge in [0.05, 0.1) is 22.5 Å².